The minimum atomic E-state index is -0.0878. The van der Waals surface area contributed by atoms with E-state index in [-0.39, 0.29) is 12.0 Å². The van der Waals surface area contributed by atoms with Crippen LogP contribution in [-0.2, 0) is 9.53 Å². The Labute approximate surface area is 98.1 Å². The molecule has 0 bridgehead atoms. The lowest BCUT2D eigenvalue weighted by Gasteiger charge is -2.39. The minimum Gasteiger partial charge on any atom is -0.468 e. The first-order valence-electron chi connectivity index (χ1n) is 6.28. The van der Waals surface area contributed by atoms with Gasteiger partial charge in [-0.25, -0.2) is 0 Å². The topological polar surface area (TPSA) is 55.6 Å². The van der Waals surface area contributed by atoms with E-state index in [1.165, 1.54) is 13.5 Å². The Kier molecular flexibility index (Phi) is 5.77. The van der Waals surface area contributed by atoms with E-state index in [0.717, 1.165) is 32.2 Å². The third kappa shape index (κ3) is 3.19. The lowest BCUT2D eigenvalue weighted by atomic mass is 9.97. The lowest BCUT2D eigenvalue weighted by Crippen LogP contribution is -2.50. The molecule has 2 unspecified atom stereocenters. The average molecular weight is 228 g/mol. The van der Waals surface area contributed by atoms with Gasteiger partial charge in [-0.2, -0.15) is 0 Å². The Bertz CT molecular complexity index is 221. The molecule has 1 aliphatic heterocycles. The first-order chi connectivity index (χ1) is 7.74. The van der Waals surface area contributed by atoms with Crippen molar-refractivity contribution in [2.45, 2.75) is 51.1 Å². The predicted octanol–water partition coefficient (Wildman–Crippen LogP) is 1.14. The van der Waals surface area contributed by atoms with Crippen LogP contribution in [0.5, 0.6) is 0 Å². The summed E-state index contributed by atoms with van der Waals surface area (Å²) in [5.41, 5.74) is 5.62. The van der Waals surface area contributed by atoms with Gasteiger partial charge >= 0.3 is 5.97 Å². The maximum atomic E-state index is 11.7. The van der Waals surface area contributed by atoms with Crippen molar-refractivity contribution >= 4 is 5.97 Å². The fourth-order valence-electron chi connectivity index (χ4n) is 2.58. The van der Waals surface area contributed by atoms with Gasteiger partial charge in [-0.1, -0.05) is 13.3 Å². The number of esters is 1. The highest BCUT2D eigenvalue weighted by Gasteiger charge is 2.32. The summed E-state index contributed by atoms with van der Waals surface area (Å²) in [6, 6.07) is 0.379. The van der Waals surface area contributed by atoms with E-state index in [9.17, 15) is 4.79 Å². The lowest BCUT2D eigenvalue weighted by molar-refractivity contribution is -0.149. The van der Waals surface area contributed by atoms with Crippen LogP contribution in [0.4, 0.5) is 0 Å². The van der Waals surface area contributed by atoms with E-state index in [2.05, 4.69) is 11.8 Å². The average Bonchev–Trinajstić information content (AvgIpc) is 2.35. The molecule has 1 fully saturated rings. The van der Waals surface area contributed by atoms with E-state index in [1.807, 2.05) is 0 Å². The molecule has 0 aromatic heterocycles. The Morgan fingerprint density at radius 2 is 2.31 bits per heavy atom. The summed E-state index contributed by atoms with van der Waals surface area (Å²) in [6.07, 6.45) is 5.23. The number of piperidine rings is 1. The van der Waals surface area contributed by atoms with Gasteiger partial charge in [0.25, 0.3) is 0 Å². The first kappa shape index (κ1) is 13.5. The third-order valence-corrected chi connectivity index (χ3v) is 3.46. The summed E-state index contributed by atoms with van der Waals surface area (Å²) in [5.74, 6) is -0.0878. The van der Waals surface area contributed by atoms with E-state index < -0.39 is 0 Å². The number of likely N-dealkylation sites (tertiary alicyclic amines) is 1. The molecule has 1 saturated heterocycles. The summed E-state index contributed by atoms with van der Waals surface area (Å²) < 4.78 is 4.88. The molecule has 4 nitrogen and oxygen atoms in total. The SMILES string of the molecule is CCC(CCN)N1CCCCC1C(=O)OC. The van der Waals surface area contributed by atoms with Crippen LogP contribution in [0.25, 0.3) is 0 Å². The van der Waals surface area contributed by atoms with E-state index in [0.29, 0.717) is 12.6 Å². The first-order valence-corrected chi connectivity index (χ1v) is 6.28. The maximum Gasteiger partial charge on any atom is 0.323 e. The molecule has 2 atom stereocenters. The van der Waals surface area contributed by atoms with Crippen LogP contribution in [0.15, 0.2) is 0 Å². The molecule has 2 N–H and O–H groups in total. The molecular formula is C12H24N2O2. The van der Waals surface area contributed by atoms with E-state index in [1.54, 1.807) is 0 Å². The van der Waals surface area contributed by atoms with Gasteiger partial charge in [0, 0.05) is 6.04 Å². The molecule has 1 rings (SSSR count). The third-order valence-electron chi connectivity index (χ3n) is 3.46. The Hall–Kier alpha value is -0.610. The molecule has 0 amide bonds. The Morgan fingerprint density at radius 3 is 2.88 bits per heavy atom. The molecule has 16 heavy (non-hydrogen) atoms. The zero-order valence-electron chi connectivity index (χ0n) is 10.4. The number of carbonyl (C=O) groups excluding carboxylic acids is 1. The van der Waals surface area contributed by atoms with Crippen molar-refractivity contribution in [2.24, 2.45) is 5.73 Å². The van der Waals surface area contributed by atoms with Gasteiger partial charge in [0.2, 0.25) is 0 Å². The predicted molar refractivity (Wildman–Crippen MR) is 64.1 cm³/mol. The number of ether oxygens (including phenoxy) is 1. The van der Waals surface area contributed by atoms with Crippen LogP contribution in [0, 0.1) is 0 Å². The van der Waals surface area contributed by atoms with Crippen LogP contribution in [0.1, 0.15) is 39.0 Å². The number of methoxy groups -OCH3 is 1. The second-order valence-corrected chi connectivity index (χ2v) is 4.41. The summed E-state index contributed by atoms with van der Waals surface area (Å²) in [6.45, 7) is 3.84. The highest BCUT2D eigenvalue weighted by atomic mass is 16.5. The molecule has 0 saturated carbocycles. The van der Waals surface area contributed by atoms with Gasteiger partial charge in [0.1, 0.15) is 6.04 Å². The minimum absolute atomic E-state index is 0.0461. The largest absolute Gasteiger partial charge is 0.468 e. The van der Waals surface area contributed by atoms with Crippen molar-refractivity contribution in [3.05, 3.63) is 0 Å². The normalized spacial score (nSPS) is 24.1. The Balaban J connectivity index is 2.67. The van der Waals surface area contributed by atoms with Crippen molar-refractivity contribution in [3.8, 4) is 0 Å². The van der Waals surface area contributed by atoms with Crippen LogP contribution in [-0.4, -0.2) is 43.2 Å². The van der Waals surface area contributed by atoms with Crippen molar-refractivity contribution < 1.29 is 9.53 Å². The maximum absolute atomic E-state index is 11.7. The van der Waals surface area contributed by atoms with Crippen molar-refractivity contribution in [1.82, 2.24) is 4.90 Å². The zero-order chi connectivity index (χ0) is 12.0. The monoisotopic (exact) mass is 228 g/mol. The van der Waals surface area contributed by atoms with Gasteiger partial charge in [0.05, 0.1) is 7.11 Å². The molecule has 0 aromatic rings. The number of rotatable bonds is 5. The Morgan fingerprint density at radius 1 is 1.56 bits per heavy atom. The molecule has 0 aliphatic carbocycles. The summed E-state index contributed by atoms with van der Waals surface area (Å²) >= 11 is 0. The van der Waals surface area contributed by atoms with Crippen molar-refractivity contribution in [3.63, 3.8) is 0 Å². The summed E-state index contributed by atoms with van der Waals surface area (Å²) in [7, 11) is 1.47. The molecule has 1 heterocycles. The molecule has 0 spiro atoms. The second kappa shape index (κ2) is 6.86. The molecule has 94 valence electrons. The van der Waals surface area contributed by atoms with E-state index in [4.69, 9.17) is 10.5 Å². The van der Waals surface area contributed by atoms with Crippen LogP contribution >= 0.6 is 0 Å². The van der Waals surface area contributed by atoms with Crippen LogP contribution in [0.2, 0.25) is 0 Å². The van der Waals surface area contributed by atoms with Gasteiger partial charge in [-0.3, -0.25) is 9.69 Å². The van der Waals surface area contributed by atoms with E-state index >= 15 is 0 Å². The molecule has 0 aromatic carbocycles. The number of nitrogens with two attached hydrogens (primary N) is 1. The van der Waals surface area contributed by atoms with Gasteiger partial charge in [-0.05, 0) is 38.8 Å². The number of carbonyl (C=O) groups is 1. The number of hydrogen-bond acceptors (Lipinski definition) is 4. The molecule has 0 radical (unpaired) electrons. The van der Waals surface area contributed by atoms with Gasteiger partial charge in [0.15, 0.2) is 0 Å². The smallest absolute Gasteiger partial charge is 0.323 e. The number of hydrogen-bond donors (Lipinski definition) is 1. The summed E-state index contributed by atoms with van der Waals surface area (Å²) in [5, 5.41) is 0. The molecular weight excluding hydrogens is 204 g/mol. The molecule has 4 heteroatoms. The van der Waals surface area contributed by atoms with Gasteiger partial charge < -0.3 is 10.5 Å². The van der Waals surface area contributed by atoms with Crippen LogP contribution < -0.4 is 5.73 Å². The van der Waals surface area contributed by atoms with Gasteiger partial charge in [-0.15, -0.1) is 0 Å². The summed E-state index contributed by atoms with van der Waals surface area (Å²) in [4.78, 5) is 14.0. The highest BCUT2D eigenvalue weighted by molar-refractivity contribution is 5.75. The highest BCUT2D eigenvalue weighted by Crippen LogP contribution is 2.23. The second-order valence-electron chi connectivity index (χ2n) is 4.41. The molecule has 1 aliphatic rings. The van der Waals surface area contributed by atoms with Crippen molar-refractivity contribution in [2.75, 3.05) is 20.2 Å². The fraction of sp³-hybridized carbons (Fsp3) is 0.917. The zero-order valence-corrected chi connectivity index (χ0v) is 10.4. The fourth-order valence-corrected chi connectivity index (χ4v) is 2.58. The quantitative estimate of drug-likeness (QED) is 0.717. The standard InChI is InChI=1S/C12H24N2O2/c1-3-10(7-8-13)14-9-5-4-6-11(14)12(15)16-2/h10-11H,3-9,13H2,1-2H3. The van der Waals surface area contributed by atoms with Crippen molar-refractivity contribution in [1.29, 1.82) is 0 Å². The van der Waals surface area contributed by atoms with Crippen LogP contribution in [0.3, 0.4) is 0 Å². The number of nitrogens with zero attached hydrogens (tertiary/aromatic N) is 1.